The maximum absolute atomic E-state index is 10.2. The molecule has 3 fully saturated rings. The molecule has 0 aromatic carbocycles. The zero-order valence-electron chi connectivity index (χ0n) is 20.8. The fraction of sp³-hybridized carbons (Fsp3) is 0.926. The van der Waals surface area contributed by atoms with Gasteiger partial charge in [0.05, 0.1) is 6.10 Å². The predicted octanol–water partition coefficient (Wildman–Crippen LogP) is 8.16. The molecule has 0 aliphatic heterocycles. The van der Waals surface area contributed by atoms with Gasteiger partial charge in [0.15, 0.2) is 8.25 Å². The molecule has 0 radical (unpaired) electrons. The number of fused-ring (bicyclic) bond motifs is 5. The van der Waals surface area contributed by atoms with E-state index in [0.29, 0.717) is 10.8 Å². The number of hydrogen-bond acceptors (Lipinski definition) is 3. The highest BCUT2D eigenvalue weighted by atomic mass is 31.0. The normalized spacial score (nSPS) is 42.7. The molecule has 9 atom stereocenters. The van der Waals surface area contributed by atoms with E-state index in [1.54, 1.807) is 5.57 Å². The summed E-state index contributed by atoms with van der Waals surface area (Å²) in [4.78, 5) is 0. The van der Waals surface area contributed by atoms with Gasteiger partial charge in [0.2, 0.25) is 0 Å². The fourth-order valence-electron chi connectivity index (χ4n) is 8.67. The molecule has 0 bridgehead atoms. The molecule has 3 nitrogen and oxygen atoms in total. The Morgan fingerprint density at radius 1 is 1.10 bits per heavy atom. The number of aliphatic hydroxyl groups excluding tert-OH is 1. The quantitative estimate of drug-likeness (QED) is 0.328. The van der Waals surface area contributed by atoms with Crippen molar-refractivity contribution in [3.63, 3.8) is 0 Å². The second-order valence-electron chi connectivity index (χ2n) is 12.3. The lowest BCUT2D eigenvalue weighted by Gasteiger charge is -2.58. The molecule has 178 valence electrons. The van der Waals surface area contributed by atoms with Crippen LogP contribution in [0.15, 0.2) is 11.6 Å². The summed E-state index contributed by atoms with van der Waals surface area (Å²) in [6.07, 6.45) is 17.2. The Balaban J connectivity index is 0.000000858. The minimum absolute atomic E-state index is 0.0766. The van der Waals surface area contributed by atoms with Gasteiger partial charge in [0.1, 0.15) is 0 Å². The van der Waals surface area contributed by atoms with E-state index in [0.717, 1.165) is 48.3 Å². The van der Waals surface area contributed by atoms with Crippen LogP contribution < -0.4 is 0 Å². The van der Waals surface area contributed by atoms with E-state index in [2.05, 4.69) is 40.7 Å². The zero-order valence-corrected chi connectivity index (χ0v) is 21.8. The molecule has 0 heterocycles. The van der Waals surface area contributed by atoms with E-state index < -0.39 is 8.25 Å². The van der Waals surface area contributed by atoms with E-state index in [9.17, 15) is 5.11 Å². The number of hydrogen-bond donors (Lipinski definition) is 2. The first-order valence-electron chi connectivity index (χ1n) is 13.1. The van der Waals surface area contributed by atoms with E-state index in [-0.39, 0.29) is 6.10 Å². The Hall–Kier alpha value is -0.400. The number of allylic oxidation sites excluding steroid dienone is 1. The average Bonchev–Trinajstić information content (AvgIpc) is 3.06. The van der Waals surface area contributed by atoms with Crippen molar-refractivity contribution in [3.05, 3.63) is 11.6 Å². The lowest BCUT2D eigenvalue weighted by atomic mass is 9.47. The van der Waals surface area contributed by atoms with E-state index in [1.807, 2.05) is 0 Å². The Labute approximate surface area is 192 Å². The van der Waals surface area contributed by atoms with Crippen molar-refractivity contribution in [3.8, 4) is 0 Å². The van der Waals surface area contributed by atoms with E-state index in [1.165, 1.54) is 57.8 Å². The molecule has 3 saturated carbocycles. The van der Waals surface area contributed by atoms with Gasteiger partial charge in [0, 0.05) is 0 Å². The highest BCUT2D eigenvalue weighted by molar-refractivity contribution is 7.09. The lowest BCUT2D eigenvalue weighted by molar-refractivity contribution is -0.0573. The third-order valence-electron chi connectivity index (χ3n) is 10.3. The van der Waals surface area contributed by atoms with Crippen LogP contribution in [0.3, 0.4) is 0 Å². The number of rotatable bonds is 5. The summed E-state index contributed by atoms with van der Waals surface area (Å²) in [6.45, 7) is 12.6. The third kappa shape index (κ3) is 4.93. The zero-order chi connectivity index (χ0) is 22.8. The van der Waals surface area contributed by atoms with Crippen LogP contribution in [-0.4, -0.2) is 11.2 Å². The maximum atomic E-state index is 10.2. The summed E-state index contributed by atoms with van der Waals surface area (Å²) >= 11 is 0. The standard InChI is InChI=1S/C27H46O.H2NOP/c1-18(2)7-6-8-19(3)23-11-12-24-22-10-9-20-17-21(28)13-15-26(20,4)25(22)14-16-27(23,24)5;1-3-2/h9,18-19,21-25,28H,6-8,10-17H2,1-5H3;1,3H/t19?,21-,22-,23+,24-,25-,26-,27+;/m0./s1. The fourth-order valence-corrected chi connectivity index (χ4v) is 8.67. The van der Waals surface area contributed by atoms with Crippen molar-refractivity contribution in [1.82, 2.24) is 0 Å². The molecule has 31 heavy (non-hydrogen) atoms. The molecule has 0 saturated heterocycles. The van der Waals surface area contributed by atoms with Crippen molar-refractivity contribution in [2.75, 3.05) is 0 Å². The Morgan fingerprint density at radius 3 is 2.48 bits per heavy atom. The van der Waals surface area contributed by atoms with Crippen LogP contribution in [-0.2, 0) is 4.57 Å². The second-order valence-corrected chi connectivity index (χ2v) is 12.5. The largest absolute Gasteiger partial charge is 0.393 e. The van der Waals surface area contributed by atoms with Gasteiger partial charge in [0.25, 0.3) is 0 Å². The predicted molar refractivity (Wildman–Crippen MR) is 131 cm³/mol. The van der Waals surface area contributed by atoms with Crippen LogP contribution in [0, 0.1) is 51.5 Å². The van der Waals surface area contributed by atoms with Crippen LogP contribution in [0.2, 0.25) is 0 Å². The minimum Gasteiger partial charge on any atom is -0.393 e. The lowest BCUT2D eigenvalue weighted by Crippen LogP contribution is -2.50. The van der Waals surface area contributed by atoms with Gasteiger partial charge in [-0.1, -0.05) is 65.5 Å². The first kappa shape index (κ1) is 25.2. The maximum Gasteiger partial charge on any atom is 0.173 e. The van der Waals surface area contributed by atoms with Crippen molar-refractivity contribution >= 4 is 8.25 Å². The number of aliphatic hydroxyl groups is 1. The Morgan fingerprint density at radius 2 is 1.81 bits per heavy atom. The highest BCUT2D eigenvalue weighted by Gasteiger charge is 2.59. The van der Waals surface area contributed by atoms with Crippen molar-refractivity contribution in [2.45, 2.75) is 111 Å². The molecular formula is C27H48NO2P. The molecular weight excluding hydrogens is 401 g/mol. The SMILES string of the molecule is CC(C)CCCC(C)[C@H]1CC[C@H]2[C@@H]3CC=C4C[C@@H](O)CC[C@]4(C)[C@H]3CC[C@]12C.N=[PH]=O. The van der Waals surface area contributed by atoms with Gasteiger partial charge >= 0.3 is 0 Å². The summed E-state index contributed by atoms with van der Waals surface area (Å²) in [5.74, 6) is 5.46. The summed E-state index contributed by atoms with van der Waals surface area (Å²) in [5.41, 5.74) is 2.60. The van der Waals surface area contributed by atoms with Gasteiger partial charge in [-0.25, -0.2) is 0 Å². The van der Waals surface area contributed by atoms with Gasteiger partial charge in [-0.2, -0.15) is 0 Å². The molecule has 0 spiro atoms. The summed E-state index contributed by atoms with van der Waals surface area (Å²) in [7, 11) is -0.917. The van der Waals surface area contributed by atoms with E-state index >= 15 is 0 Å². The van der Waals surface area contributed by atoms with Crippen molar-refractivity contribution in [2.24, 2.45) is 46.3 Å². The van der Waals surface area contributed by atoms with Crippen molar-refractivity contribution < 1.29 is 9.67 Å². The van der Waals surface area contributed by atoms with Crippen molar-refractivity contribution in [1.29, 1.82) is 5.16 Å². The minimum atomic E-state index is -0.917. The molecule has 4 heteroatoms. The van der Waals surface area contributed by atoms with Gasteiger partial charge in [-0.3, -0.25) is 9.73 Å². The smallest absolute Gasteiger partial charge is 0.173 e. The monoisotopic (exact) mass is 449 g/mol. The van der Waals surface area contributed by atoms with Crippen LogP contribution in [0.4, 0.5) is 0 Å². The summed E-state index contributed by atoms with van der Waals surface area (Å²) < 4.78 is 8.62. The molecule has 2 unspecified atom stereocenters. The molecule has 2 N–H and O–H groups in total. The van der Waals surface area contributed by atoms with Crippen LogP contribution >= 0.6 is 8.25 Å². The first-order valence-corrected chi connectivity index (χ1v) is 14.0. The Bertz CT molecular complexity index is 685. The molecule has 0 amide bonds. The molecule has 4 aliphatic rings. The van der Waals surface area contributed by atoms with Gasteiger partial charge < -0.3 is 5.11 Å². The van der Waals surface area contributed by atoms with Crippen LogP contribution in [0.25, 0.3) is 0 Å². The summed E-state index contributed by atoms with van der Waals surface area (Å²) in [5, 5.41) is 15.9. The Kier molecular flexibility index (Phi) is 8.34. The topological polar surface area (TPSA) is 61.1 Å². The molecule has 0 aromatic heterocycles. The highest BCUT2D eigenvalue weighted by Crippen LogP contribution is 2.67. The van der Waals surface area contributed by atoms with E-state index in [4.69, 9.17) is 9.73 Å². The molecule has 4 aliphatic carbocycles. The second kappa shape index (κ2) is 10.3. The molecule has 4 rings (SSSR count). The van der Waals surface area contributed by atoms with Crippen LogP contribution in [0.1, 0.15) is 105 Å². The third-order valence-corrected chi connectivity index (χ3v) is 10.3. The average molecular weight is 450 g/mol. The van der Waals surface area contributed by atoms with Gasteiger partial charge in [-0.15, -0.1) is 0 Å². The van der Waals surface area contributed by atoms with Crippen LogP contribution in [0.5, 0.6) is 0 Å². The number of nitrogens with one attached hydrogen (secondary N) is 1. The first-order chi connectivity index (χ1) is 14.7. The summed E-state index contributed by atoms with van der Waals surface area (Å²) in [6, 6.07) is 0. The van der Waals surface area contributed by atoms with Gasteiger partial charge in [-0.05, 0) is 97.7 Å². The molecule has 0 aromatic rings.